The maximum absolute atomic E-state index is 12.9. The second-order valence-corrected chi connectivity index (χ2v) is 6.39. The molecule has 0 unspecified atom stereocenters. The molecule has 1 aliphatic heterocycles. The van der Waals surface area contributed by atoms with E-state index >= 15 is 0 Å². The first-order valence-electron chi connectivity index (χ1n) is 7.48. The average molecular weight is 372 g/mol. The minimum absolute atomic E-state index is 0. The number of thiazole rings is 1. The molecule has 1 aromatic heterocycles. The van der Waals surface area contributed by atoms with Crippen LogP contribution in [0.2, 0.25) is 0 Å². The van der Waals surface area contributed by atoms with Crippen LogP contribution in [0.15, 0.2) is 24.3 Å². The van der Waals surface area contributed by atoms with Crippen molar-refractivity contribution in [1.29, 1.82) is 0 Å². The van der Waals surface area contributed by atoms with E-state index in [1.54, 1.807) is 12.1 Å². The number of aryl methyl sites for hydroxylation is 1. The summed E-state index contributed by atoms with van der Waals surface area (Å²) < 4.78 is 18.4. The van der Waals surface area contributed by atoms with E-state index in [4.69, 9.17) is 4.74 Å². The van der Waals surface area contributed by atoms with E-state index in [9.17, 15) is 9.18 Å². The van der Waals surface area contributed by atoms with Gasteiger partial charge in [0.15, 0.2) is 0 Å². The predicted octanol–water partition coefficient (Wildman–Crippen LogP) is 2.64. The van der Waals surface area contributed by atoms with Gasteiger partial charge in [0.2, 0.25) is 0 Å². The maximum atomic E-state index is 12.9. The van der Waals surface area contributed by atoms with Gasteiger partial charge in [0.25, 0.3) is 5.91 Å². The summed E-state index contributed by atoms with van der Waals surface area (Å²) in [6.45, 7) is 5.20. The van der Waals surface area contributed by atoms with Crippen molar-refractivity contribution in [2.75, 3.05) is 26.2 Å². The van der Waals surface area contributed by atoms with Crippen LogP contribution in [-0.4, -0.2) is 42.0 Å². The molecule has 0 bridgehead atoms. The van der Waals surface area contributed by atoms with Crippen LogP contribution < -0.4 is 10.1 Å². The lowest BCUT2D eigenvalue weighted by Crippen LogP contribution is -2.46. The molecule has 0 spiro atoms. The number of rotatable bonds is 4. The molecule has 2 aromatic rings. The zero-order valence-corrected chi connectivity index (χ0v) is 14.9. The molecule has 8 heteroatoms. The fourth-order valence-corrected chi connectivity index (χ4v) is 3.35. The zero-order chi connectivity index (χ0) is 16.2. The van der Waals surface area contributed by atoms with Crippen molar-refractivity contribution in [2.24, 2.45) is 0 Å². The van der Waals surface area contributed by atoms with E-state index < -0.39 is 0 Å². The van der Waals surface area contributed by atoms with Gasteiger partial charge in [-0.15, -0.1) is 23.7 Å². The Labute approximate surface area is 150 Å². The van der Waals surface area contributed by atoms with Gasteiger partial charge < -0.3 is 15.0 Å². The molecule has 0 aliphatic carbocycles. The van der Waals surface area contributed by atoms with Gasteiger partial charge >= 0.3 is 0 Å². The first-order valence-corrected chi connectivity index (χ1v) is 8.30. The van der Waals surface area contributed by atoms with Crippen molar-refractivity contribution in [2.45, 2.75) is 13.5 Å². The molecule has 130 valence electrons. The number of carbonyl (C=O) groups excluding carboxylic acids is 1. The maximum Gasteiger partial charge on any atom is 0.265 e. The molecule has 1 aliphatic rings. The number of halogens is 2. The van der Waals surface area contributed by atoms with Crippen LogP contribution in [0.25, 0.3) is 0 Å². The topological polar surface area (TPSA) is 54.5 Å². The third-order valence-corrected chi connectivity index (χ3v) is 4.73. The lowest BCUT2D eigenvalue weighted by atomic mass is 10.3. The summed E-state index contributed by atoms with van der Waals surface area (Å²) in [6.07, 6.45) is 0. The third-order valence-electron chi connectivity index (χ3n) is 3.62. The van der Waals surface area contributed by atoms with Crippen LogP contribution in [0, 0.1) is 12.7 Å². The summed E-state index contributed by atoms with van der Waals surface area (Å²) in [4.78, 5) is 19.5. The number of nitrogens with one attached hydrogen (secondary N) is 1. The normalized spacial score (nSPS) is 14.2. The molecule has 1 saturated heterocycles. The van der Waals surface area contributed by atoms with Crippen LogP contribution in [0.1, 0.15) is 20.4 Å². The van der Waals surface area contributed by atoms with Gasteiger partial charge in [0.05, 0.1) is 5.69 Å². The molecule has 0 saturated carbocycles. The second kappa shape index (κ2) is 8.41. The molecule has 2 heterocycles. The standard InChI is InChI=1S/C16H18FN3O2S.ClH/c1-11-15(16(21)20-8-6-18-7-9-20)23-14(19-11)10-22-13-4-2-12(17)3-5-13;/h2-5,18H,6-10H2,1H3;1H. The van der Waals surface area contributed by atoms with Crippen molar-refractivity contribution < 1.29 is 13.9 Å². The first-order chi connectivity index (χ1) is 11.1. The Morgan fingerprint density at radius 1 is 1.33 bits per heavy atom. The number of benzene rings is 1. The molecule has 1 aromatic carbocycles. The summed E-state index contributed by atoms with van der Waals surface area (Å²) >= 11 is 1.36. The molecular formula is C16H19ClFN3O2S. The predicted molar refractivity (Wildman–Crippen MR) is 93.6 cm³/mol. The SMILES string of the molecule is Cc1nc(COc2ccc(F)cc2)sc1C(=O)N1CCNCC1.Cl. The van der Waals surface area contributed by atoms with Crippen molar-refractivity contribution in [3.05, 3.63) is 45.7 Å². The monoisotopic (exact) mass is 371 g/mol. The number of hydrogen-bond acceptors (Lipinski definition) is 5. The highest BCUT2D eigenvalue weighted by Crippen LogP contribution is 2.22. The summed E-state index contributed by atoms with van der Waals surface area (Å²) in [5, 5.41) is 3.97. The summed E-state index contributed by atoms with van der Waals surface area (Å²) in [6, 6.07) is 5.84. The zero-order valence-electron chi connectivity index (χ0n) is 13.3. The Kier molecular flexibility index (Phi) is 6.53. The van der Waals surface area contributed by atoms with Gasteiger partial charge in [-0.3, -0.25) is 4.79 Å². The van der Waals surface area contributed by atoms with E-state index in [1.165, 1.54) is 23.5 Å². The summed E-state index contributed by atoms with van der Waals surface area (Å²) in [7, 11) is 0. The summed E-state index contributed by atoms with van der Waals surface area (Å²) in [5.74, 6) is 0.315. The Morgan fingerprint density at radius 2 is 2.00 bits per heavy atom. The highest BCUT2D eigenvalue weighted by molar-refractivity contribution is 7.13. The third kappa shape index (κ3) is 4.43. The van der Waals surface area contributed by atoms with Crippen LogP contribution in [-0.2, 0) is 6.61 Å². The Balaban J connectivity index is 0.00000208. The van der Waals surface area contributed by atoms with Crippen molar-refractivity contribution in [3.63, 3.8) is 0 Å². The van der Waals surface area contributed by atoms with Gasteiger partial charge in [-0.25, -0.2) is 9.37 Å². The van der Waals surface area contributed by atoms with Crippen LogP contribution >= 0.6 is 23.7 Å². The largest absolute Gasteiger partial charge is 0.486 e. The smallest absolute Gasteiger partial charge is 0.265 e. The van der Waals surface area contributed by atoms with E-state index in [0.29, 0.717) is 10.6 Å². The number of piperazine rings is 1. The first kappa shape index (κ1) is 18.6. The fraction of sp³-hybridized carbons (Fsp3) is 0.375. The van der Waals surface area contributed by atoms with Crippen molar-refractivity contribution in [3.8, 4) is 5.75 Å². The molecule has 3 rings (SSSR count). The van der Waals surface area contributed by atoms with Gasteiger partial charge in [-0.05, 0) is 31.2 Å². The molecule has 0 atom stereocenters. The van der Waals surface area contributed by atoms with E-state index in [0.717, 1.165) is 36.9 Å². The van der Waals surface area contributed by atoms with E-state index in [2.05, 4.69) is 10.3 Å². The molecular weight excluding hydrogens is 353 g/mol. The second-order valence-electron chi connectivity index (χ2n) is 5.31. The Hall–Kier alpha value is -1.70. The molecule has 1 amide bonds. The number of nitrogens with zero attached hydrogens (tertiary/aromatic N) is 2. The number of hydrogen-bond donors (Lipinski definition) is 1. The lowest BCUT2D eigenvalue weighted by Gasteiger charge is -2.27. The molecule has 0 radical (unpaired) electrons. The Bertz CT molecular complexity index is 687. The van der Waals surface area contributed by atoms with Crippen molar-refractivity contribution in [1.82, 2.24) is 15.2 Å². The highest BCUT2D eigenvalue weighted by Gasteiger charge is 2.22. The minimum Gasteiger partial charge on any atom is -0.486 e. The highest BCUT2D eigenvalue weighted by atomic mass is 35.5. The van der Waals surface area contributed by atoms with Crippen LogP contribution in [0.3, 0.4) is 0 Å². The molecule has 24 heavy (non-hydrogen) atoms. The lowest BCUT2D eigenvalue weighted by molar-refractivity contribution is 0.0739. The van der Waals surface area contributed by atoms with Gasteiger partial charge in [-0.2, -0.15) is 0 Å². The minimum atomic E-state index is -0.300. The van der Waals surface area contributed by atoms with E-state index in [-0.39, 0.29) is 30.7 Å². The quantitative estimate of drug-likeness (QED) is 0.897. The Morgan fingerprint density at radius 3 is 2.67 bits per heavy atom. The van der Waals surface area contributed by atoms with Crippen molar-refractivity contribution >= 4 is 29.7 Å². The number of carbonyl (C=O) groups is 1. The summed E-state index contributed by atoms with van der Waals surface area (Å²) in [5.41, 5.74) is 0.733. The van der Waals surface area contributed by atoms with Crippen LogP contribution in [0.5, 0.6) is 5.75 Å². The molecule has 1 fully saturated rings. The number of ether oxygens (including phenoxy) is 1. The number of aromatic nitrogens is 1. The molecule has 1 N–H and O–H groups in total. The van der Waals surface area contributed by atoms with E-state index in [1.807, 2.05) is 11.8 Å². The average Bonchev–Trinajstić information content (AvgIpc) is 2.95. The van der Waals surface area contributed by atoms with Gasteiger partial charge in [-0.1, -0.05) is 0 Å². The number of amides is 1. The van der Waals surface area contributed by atoms with Gasteiger partial charge in [0.1, 0.15) is 28.1 Å². The van der Waals surface area contributed by atoms with Crippen LogP contribution in [0.4, 0.5) is 4.39 Å². The molecule has 5 nitrogen and oxygen atoms in total. The van der Waals surface area contributed by atoms with Gasteiger partial charge in [0, 0.05) is 26.2 Å². The fourth-order valence-electron chi connectivity index (χ4n) is 2.40.